The van der Waals surface area contributed by atoms with E-state index in [0.717, 1.165) is 5.69 Å². The SMILES string of the molecule is CCCN(c1ccnn1-c1ccccc1)S(=O)(=O)c1ccc(N)cc1. The molecule has 2 aromatic carbocycles. The summed E-state index contributed by atoms with van der Waals surface area (Å²) >= 11 is 0. The minimum Gasteiger partial charge on any atom is -0.399 e. The molecule has 0 amide bonds. The molecular weight excluding hydrogens is 336 g/mol. The Morgan fingerprint density at radius 1 is 1.04 bits per heavy atom. The zero-order valence-electron chi connectivity index (χ0n) is 13.9. The molecule has 0 radical (unpaired) electrons. The van der Waals surface area contributed by atoms with E-state index in [1.807, 2.05) is 37.3 Å². The quantitative estimate of drug-likeness (QED) is 0.688. The van der Waals surface area contributed by atoms with Crippen LogP contribution in [0.5, 0.6) is 0 Å². The molecule has 3 rings (SSSR count). The van der Waals surface area contributed by atoms with Gasteiger partial charge in [0.1, 0.15) is 5.82 Å². The number of hydrogen-bond acceptors (Lipinski definition) is 4. The van der Waals surface area contributed by atoms with Gasteiger partial charge in [-0.2, -0.15) is 5.10 Å². The fourth-order valence-electron chi connectivity index (χ4n) is 2.58. The number of nitrogens with zero attached hydrogens (tertiary/aromatic N) is 3. The predicted octanol–water partition coefficient (Wildman–Crippen LogP) is 3.06. The van der Waals surface area contributed by atoms with E-state index < -0.39 is 10.0 Å². The van der Waals surface area contributed by atoms with E-state index >= 15 is 0 Å². The smallest absolute Gasteiger partial charge is 0.265 e. The maximum Gasteiger partial charge on any atom is 0.265 e. The number of anilines is 2. The zero-order valence-corrected chi connectivity index (χ0v) is 14.7. The normalized spacial score (nSPS) is 11.4. The van der Waals surface area contributed by atoms with Crippen LogP contribution in [-0.4, -0.2) is 24.7 Å². The first-order chi connectivity index (χ1) is 12.0. The Morgan fingerprint density at radius 2 is 1.72 bits per heavy atom. The van der Waals surface area contributed by atoms with Gasteiger partial charge in [-0.15, -0.1) is 0 Å². The fraction of sp³-hybridized carbons (Fsp3) is 0.167. The van der Waals surface area contributed by atoms with E-state index in [2.05, 4.69) is 5.10 Å². The fourth-order valence-corrected chi connectivity index (χ4v) is 4.12. The molecule has 3 aromatic rings. The summed E-state index contributed by atoms with van der Waals surface area (Å²) in [5.74, 6) is 0.505. The molecule has 0 aliphatic rings. The van der Waals surface area contributed by atoms with Gasteiger partial charge in [-0.05, 0) is 42.8 Å². The second-order valence-corrected chi connectivity index (χ2v) is 7.45. The summed E-state index contributed by atoms with van der Waals surface area (Å²) < 4.78 is 29.3. The summed E-state index contributed by atoms with van der Waals surface area (Å²) in [6.45, 7) is 2.29. The second-order valence-electron chi connectivity index (χ2n) is 5.58. The molecule has 1 aromatic heterocycles. The van der Waals surface area contributed by atoms with Gasteiger partial charge in [-0.25, -0.2) is 17.4 Å². The Morgan fingerprint density at radius 3 is 2.36 bits per heavy atom. The molecule has 0 fully saturated rings. The van der Waals surface area contributed by atoms with Crippen molar-refractivity contribution in [2.45, 2.75) is 18.2 Å². The summed E-state index contributed by atoms with van der Waals surface area (Å²) in [6, 6.07) is 17.4. The minimum atomic E-state index is -3.72. The van der Waals surface area contributed by atoms with Crippen molar-refractivity contribution in [3.05, 3.63) is 66.9 Å². The van der Waals surface area contributed by atoms with Crippen LogP contribution < -0.4 is 10.0 Å². The Kier molecular flexibility index (Phi) is 4.76. The average Bonchev–Trinajstić information content (AvgIpc) is 3.10. The Bertz CT molecular complexity index is 935. The molecule has 1 heterocycles. The summed E-state index contributed by atoms with van der Waals surface area (Å²) in [4.78, 5) is 0.205. The van der Waals surface area contributed by atoms with E-state index in [-0.39, 0.29) is 4.90 Å². The van der Waals surface area contributed by atoms with Crippen molar-refractivity contribution in [3.8, 4) is 5.69 Å². The van der Waals surface area contributed by atoms with Crippen LogP contribution in [0.4, 0.5) is 11.5 Å². The van der Waals surface area contributed by atoms with Gasteiger partial charge in [-0.1, -0.05) is 25.1 Å². The summed E-state index contributed by atoms with van der Waals surface area (Å²) in [5.41, 5.74) is 7.00. The van der Waals surface area contributed by atoms with Gasteiger partial charge in [0.25, 0.3) is 10.0 Å². The van der Waals surface area contributed by atoms with Crippen LogP contribution in [0.1, 0.15) is 13.3 Å². The van der Waals surface area contributed by atoms with Gasteiger partial charge in [0.05, 0.1) is 16.8 Å². The highest BCUT2D eigenvalue weighted by Crippen LogP contribution is 2.26. The molecule has 7 heteroatoms. The van der Waals surface area contributed by atoms with Crippen LogP contribution in [0, 0.1) is 0 Å². The van der Waals surface area contributed by atoms with E-state index in [9.17, 15) is 8.42 Å². The summed E-state index contributed by atoms with van der Waals surface area (Å²) in [5, 5.41) is 4.30. The number of rotatable bonds is 6. The molecule has 6 nitrogen and oxygen atoms in total. The molecule has 0 aliphatic carbocycles. The maximum absolute atomic E-state index is 13.2. The third kappa shape index (κ3) is 3.36. The molecule has 0 atom stereocenters. The van der Waals surface area contributed by atoms with Crippen molar-refractivity contribution < 1.29 is 8.42 Å². The van der Waals surface area contributed by atoms with Gasteiger partial charge in [0, 0.05) is 18.3 Å². The Balaban J connectivity index is 2.09. The summed E-state index contributed by atoms with van der Waals surface area (Å²) in [7, 11) is -3.72. The van der Waals surface area contributed by atoms with Crippen molar-refractivity contribution in [2.75, 3.05) is 16.6 Å². The van der Waals surface area contributed by atoms with Crippen LogP contribution in [-0.2, 0) is 10.0 Å². The predicted molar refractivity (Wildman–Crippen MR) is 99.2 cm³/mol. The molecule has 0 saturated heterocycles. The number of para-hydroxylation sites is 1. The van der Waals surface area contributed by atoms with Gasteiger partial charge in [-0.3, -0.25) is 0 Å². The standard InChI is InChI=1S/C18H20N4O2S/c1-2-14-21(25(23,24)17-10-8-15(19)9-11-17)18-12-13-20-22(18)16-6-4-3-5-7-16/h3-13H,2,14,19H2,1H3. The Hall–Kier alpha value is -2.80. The third-order valence-corrected chi connectivity index (χ3v) is 5.59. The highest BCUT2D eigenvalue weighted by molar-refractivity contribution is 7.92. The first-order valence-electron chi connectivity index (χ1n) is 8.02. The molecule has 2 N–H and O–H groups in total. The molecule has 0 saturated carbocycles. The third-order valence-electron chi connectivity index (χ3n) is 3.77. The number of hydrogen-bond donors (Lipinski definition) is 1. The zero-order chi connectivity index (χ0) is 17.9. The van der Waals surface area contributed by atoms with Crippen molar-refractivity contribution in [3.63, 3.8) is 0 Å². The lowest BCUT2D eigenvalue weighted by atomic mass is 10.3. The van der Waals surface area contributed by atoms with Crippen LogP contribution >= 0.6 is 0 Å². The number of sulfonamides is 1. The van der Waals surface area contributed by atoms with Crippen LogP contribution in [0.15, 0.2) is 71.8 Å². The maximum atomic E-state index is 13.2. The largest absolute Gasteiger partial charge is 0.399 e. The highest BCUT2D eigenvalue weighted by atomic mass is 32.2. The van der Waals surface area contributed by atoms with Gasteiger partial charge in [0.2, 0.25) is 0 Å². The van der Waals surface area contributed by atoms with Gasteiger partial charge < -0.3 is 5.73 Å². The lowest BCUT2D eigenvalue weighted by Crippen LogP contribution is -2.33. The number of aromatic nitrogens is 2. The topological polar surface area (TPSA) is 81.2 Å². The molecule has 130 valence electrons. The highest BCUT2D eigenvalue weighted by Gasteiger charge is 2.27. The van der Waals surface area contributed by atoms with E-state index in [0.29, 0.717) is 24.5 Å². The van der Waals surface area contributed by atoms with E-state index in [1.165, 1.54) is 16.4 Å². The monoisotopic (exact) mass is 356 g/mol. The molecule has 25 heavy (non-hydrogen) atoms. The van der Waals surface area contributed by atoms with Crippen molar-refractivity contribution in [1.29, 1.82) is 0 Å². The first kappa shape index (κ1) is 17.0. The van der Waals surface area contributed by atoms with Crippen LogP contribution in [0.25, 0.3) is 5.69 Å². The van der Waals surface area contributed by atoms with E-state index in [1.54, 1.807) is 29.1 Å². The van der Waals surface area contributed by atoms with Crippen molar-refractivity contribution in [1.82, 2.24) is 9.78 Å². The van der Waals surface area contributed by atoms with Crippen molar-refractivity contribution >= 4 is 21.5 Å². The molecule has 0 unspecified atom stereocenters. The molecule has 0 spiro atoms. The van der Waals surface area contributed by atoms with Crippen LogP contribution in [0.2, 0.25) is 0 Å². The lowest BCUT2D eigenvalue weighted by molar-refractivity contribution is 0.588. The molecular formula is C18H20N4O2S. The van der Waals surface area contributed by atoms with E-state index in [4.69, 9.17) is 5.73 Å². The summed E-state index contributed by atoms with van der Waals surface area (Å²) in [6.07, 6.45) is 2.28. The second kappa shape index (κ2) is 6.98. The van der Waals surface area contributed by atoms with Gasteiger partial charge in [0.15, 0.2) is 0 Å². The molecule has 0 aliphatic heterocycles. The Labute approximate surface area is 147 Å². The van der Waals surface area contributed by atoms with Crippen LogP contribution in [0.3, 0.4) is 0 Å². The lowest BCUT2D eigenvalue weighted by Gasteiger charge is -2.24. The first-order valence-corrected chi connectivity index (χ1v) is 9.46. The average molecular weight is 356 g/mol. The minimum absolute atomic E-state index is 0.205. The van der Waals surface area contributed by atoms with Crippen molar-refractivity contribution in [2.24, 2.45) is 0 Å². The molecule has 0 bridgehead atoms. The number of benzene rings is 2. The number of nitrogens with two attached hydrogens (primary N) is 1. The van der Waals surface area contributed by atoms with Gasteiger partial charge >= 0.3 is 0 Å². The number of nitrogen functional groups attached to an aromatic ring is 1.